The van der Waals surface area contributed by atoms with Gasteiger partial charge < -0.3 is 19.5 Å². The number of carbonyl (C=O) groups is 2. The number of halogens is 1. The van der Waals surface area contributed by atoms with Crippen molar-refractivity contribution in [3.05, 3.63) is 34.6 Å². The summed E-state index contributed by atoms with van der Waals surface area (Å²) in [4.78, 5) is 26.6. The van der Waals surface area contributed by atoms with E-state index in [0.29, 0.717) is 50.3 Å². The molecule has 0 unspecified atom stereocenters. The number of carbonyl (C=O) groups excluding carboxylic acids is 1. The van der Waals surface area contributed by atoms with Crippen LogP contribution in [0.1, 0.15) is 34.5 Å². The number of fused-ring (bicyclic) bond motifs is 2. The van der Waals surface area contributed by atoms with Crippen molar-refractivity contribution in [2.45, 2.75) is 31.6 Å². The van der Waals surface area contributed by atoms with Gasteiger partial charge in [0, 0.05) is 43.7 Å². The standard InChI is InChI=1S/C18H21FN2O5/c1-10-6-14-12(17(22)26-10)2-3-13(16(14)19)15-8-20-4-5-21(18(23)24)7-11(20)9-25-15/h2-3,10-11,15H,4-9H2,1H3,(H,23,24)/t10-,11+,15-/m1/s1. The Kier molecular flexibility index (Phi) is 4.32. The highest BCUT2D eigenvalue weighted by atomic mass is 19.1. The Morgan fingerprint density at radius 2 is 2.12 bits per heavy atom. The number of ether oxygens (including phenoxy) is 2. The van der Waals surface area contributed by atoms with Crippen molar-refractivity contribution in [1.82, 2.24) is 9.80 Å². The van der Waals surface area contributed by atoms with E-state index in [0.717, 1.165) is 0 Å². The second kappa shape index (κ2) is 6.51. The molecule has 140 valence electrons. The number of hydrogen-bond acceptors (Lipinski definition) is 5. The minimum atomic E-state index is -0.923. The van der Waals surface area contributed by atoms with E-state index < -0.39 is 24.0 Å². The Balaban J connectivity index is 1.54. The first-order chi connectivity index (χ1) is 12.4. The van der Waals surface area contributed by atoms with E-state index in [1.54, 1.807) is 19.1 Å². The van der Waals surface area contributed by atoms with Gasteiger partial charge in [-0.05, 0) is 13.0 Å². The molecule has 1 aromatic carbocycles. The third-order valence-corrected chi connectivity index (χ3v) is 5.40. The van der Waals surface area contributed by atoms with Crippen LogP contribution in [0, 0.1) is 5.82 Å². The van der Waals surface area contributed by atoms with E-state index in [4.69, 9.17) is 14.6 Å². The Morgan fingerprint density at radius 1 is 1.31 bits per heavy atom. The van der Waals surface area contributed by atoms with Crippen LogP contribution in [0.5, 0.6) is 0 Å². The summed E-state index contributed by atoms with van der Waals surface area (Å²) in [6.07, 6.45) is -1.34. The average molecular weight is 364 g/mol. The summed E-state index contributed by atoms with van der Waals surface area (Å²) in [6.45, 7) is 4.05. The third-order valence-electron chi connectivity index (χ3n) is 5.40. The van der Waals surface area contributed by atoms with E-state index in [2.05, 4.69) is 4.90 Å². The lowest BCUT2D eigenvalue weighted by Gasteiger charge is -2.45. The monoisotopic (exact) mass is 364 g/mol. The first-order valence-corrected chi connectivity index (χ1v) is 8.80. The van der Waals surface area contributed by atoms with Crippen LogP contribution in [0.25, 0.3) is 0 Å². The molecule has 1 aromatic rings. The summed E-state index contributed by atoms with van der Waals surface area (Å²) in [7, 11) is 0. The Morgan fingerprint density at radius 3 is 2.88 bits per heavy atom. The van der Waals surface area contributed by atoms with Gasteiger partial charge >= 0.3 is 12.1 Å². The van der Waals surface area contributed by atoms with Crippen LogP contribution >= 0.6 is 0 Å². The summed E-state index contributed by atoms with van der Waals surface area (Å²) in [6, 6.07) is 3.20. The molecule has 0 spiro atoms. The van der Waals surface area contributed by atoms with Crippen molar-refractivity contribution in [3.8, 4) is 0 Å². The maximum absolute atomic E-state index is 15.1. The largest absolute Gasteiger partial charge is 0.465 e. The third kappa shape index (κ3) is 2.93. The first kappa shape index (κ1) is 17.2. The van der Waals surface area contributed by atoms with Gasteiger partial charge in [0.15, 0.2) is 0 Å². The zero-order valence-corrected chi connectivity index (χ0v) is 14.5. The van der Waals surface area contributed by atoms with E-state index >= 15 is 4.39 Å². The van der Waals surface area contributed by atoms with Gasteiger partial charge in [0.1, 0.15) is 11.9 Å². The highest BCUT2D eigenvalue weighted by Gasteiger charge is 2.37. The van der Waals surface area contributed by atoms with Gasteiger partial charge in [0.25, 0.3) is 0 Å². The lowest BCUT2D eigenvalue weighted by Crippen LogP contribution is -2.59. The van der Waals surface area contributed by atoms with Crippen molar-refractivity contribution < 1.29 is 28.6 Å². The summed E-state index contributed by atoms with van der Waals surface area (Å²) < 4.78 is 26.1. The number of carboxylic acid groups (broad SMARTS) is 1. The van der Waals surface area contributed by atoms with Gasteiger partial charge in [-0.15, -0.1) is 0 Å². The summed E-state index contributed by atoms with van der Waals surface area (Å²) in [5, 5.41) is 9.13. The van der Waals surface area contributed by atoms with Crippen molar-refractivity contribution in [1.29, 1.82) is 0 Å². The van der Waals surface area contributed by atoms with Crippen LogP contribution in [0.2, 0.25) is 0 Å². The van der Waals surface area contributed by atoms with Gasteiger partial charge in [-0.25, -0.2) is 14.0 Å². The average Bonchev–Trinajstić information content (AvgIpc) is 2.61. The molecule has 0 aromatic heterocycles. The molecule has 2 fully saturated rings. The van der Waals surface area contributed by atoms with E-state index in [1.807, 2.05) is 0 Å². The Labute approximate surface area is 150 Å². The fraction of sp³-hybridized carbons (Fsp3) is 0.556. The predicted octanol–water partition coefficient (Wildman–Crippen LogP) is 1.66. The van der Waals surface area contributed by atoms with Crippen LogP contribution < -0.4 is 0 Å². The zero-order valence-electron chi connectivity index (χ0n) is 14.5. The number of rotatable bonds is 1. The van der Waals surface area contributed by atoms with E-state index in [9.17, 15) is 9.59 Å². The van der Waals surface area contributed by atoms with Gasteiger partial charge in [-0.2, -0.15) is 0 Å². The predicted molar refractivity (Wildman–Crippen MR) is 88.6 cm³/mol. The molecular weight excluding hydrogens is 343 g/mol. The van der Waals surface area contributed by atoms with Gasteiger partial charge in [0.2, 0.25) is 0 Å². The van der Waals surface area contributed by atoms with Crippen LogP contribution in [0.3, 0.4) is 0 Å². The molecule has 0 saturated carbocycles. The molecule has 3 heterocycles. The molecule has 0 aliphatic carbocycles. The Hall–Kier alpha value is -2.19. The quantitative estimate of drug-likeness (QED) is 0.764. The smallest absolute Gasteiger partial charge is 0.407 e. The molecule has 3 aliphatic rings. The molecule has 0 bridgehead atoms. The minimum Gasteiger partial charge on any atom is -0.465 e. The lowest BCUT2D eigenvalue weighted by molar-refractivity contribution is -0.0877. The number of esters is 1. The molecule has 1 amide bonds. The normalized spacial score (nSPS) is 28.9. The molecule has 4 rings (SSSR count). The fourth-order valence-electron chi connectivity index (χ4n) is 4.00. The molecule has 8 heteroatoms. The first-order valence-electron chi connectivity index (χ1n) is 8.80. The highest BCUT2D eigenvalue weighted by molar-refractivity contribution is 5.92. The number of hydrogen-bond donors (Lipinski definition) is 1. The van der Waals surface area contributed by atoms with Crippen molar-refractivity contribution in [3.63, 3.8) is 0 Å². The SMILES string of the molecule is C[C@@H]1Cc2c(ccc([C@H]3CN4CCN(C(=O)O)C[C@H]4CO3)c2F)C(=O)O1. The van der Waals surface area contributed by atoms with Crippen molar-refractivity contribution >= 4 is 12.1 Å². The minimum absolute atomic E-state index is 0.00760. The van der Waals surface area contributed by atoms with Crippen molar-refractivity contribution in [2.75, 3.05) is 32.8 Å². The van der Waals surface area contributed by atoms with Crippen LogP contribution in [0.4, 0.5) is 9.18 Å². The molecule has 26 heavy (non-hydrogen) atoms. The summed E-state index contributed by atoms with van der Waals surface area (Å²) >= 11 is 0. The maximum Gasteiger partial charge on any atom is 0.407 e. The second-order valence-electron chi connectivity index (χ2n) is 7.11. The number of nitrogens with zero attached hydrogens (tertiary/aromatic N) is 2. The fourth-order valence-corrected chi connectivity index (χ4v) is 4.00. The highest BCUT2D eigenvalue weighted by Crippen LogP contribution is 2.33. The molecule has 7 nitrogen and oxygen atoms in total. The molecule has 3 aliphatic heterocycles. The van der Waals surface area contributed by atoms with E-state index in [-0.39, 0.29) is 17.7 Å². The lowest BCUT2D eigenvalue weighted by atomic mass is 9.93. The van der Waals surface area contributed by atoms with Crippen LogP contribution in [-0.4, -0.2) is 71.9 Å². The van der Waals surface area contributed by atoms with Crippen LogP contribution in [0.15, 0.2) is 12.1 Å². The summed E-state index contributed by atoms with van der Waals surface area (Å²) in [5.41, 5.74) is 1.13. The molecule has 2 saturated heterocycles. The number of amides is 1. The second-order valence-corrected chi connectivity index (χ2v) is 7.11. The van der Waals surface area contributed by atoms with Gasteiger partial charge in [0.05, 0.1) is 24.3 Å². The number of benzene rings is 1. The Bertz CT molecular complexity index is 755. The maximum atomic E-state index is 15.1. The summed E-state index contributed by atoms with van der Waals surface area (Å²) in [5.74, 6) is -0.878. The topological polar surface area (TPSA) is 79.3 Å². The molecule has 0 radical (unpaired) electrons. The number of piperazine rings is 1. The number of morpholine rings is 1. The molecule has 1 N–H and O–H groups in total. The van der Waals surface area contributed by atoms with Crippen molar-refractivity contribution in [2.24, 2.45) is 0 Å². The molecule has 3 atom stereocenters. The van der Waals surface area contributed by atoms with E-state index in [1.165, 1.54) is 4.90 Å². The van der Waals surface area contributed by atoms with Gasteiger partial charge in [-0.1, -0.05) is 6.07 Å². The van der Waals surface area contributed by atoms with Crippen LogP contribution in [-0.2, 0) is 15.9 Å². The zero-order chi connectivity index (χ0) is 18.4. The number of cyclic esters (lactones) is 1. The van der Waals surface area contributed by atoms with Gasteiger partial charge in [-0.3, -0.25) is 4.90 Å². The molecular formula is C18H21FN2O5.